The van der Waals surface area contributed by atoms with E-state index in [9.17, 15) is 0 Å². The summed E-state index contributed by atoms with van der Waals surface area (Å²) < 4.78 is 0. The van der Waals surface area contributed by atoms with Gasteiger partial charge in [-0.05, 0) is 22.9 Å². The molecule has 0 saturated heterocycles. The average molecular weight is 283 g/mol. The maximum absolute atomic E-state index is 4.62. The Balaban J connectivity index is 2.01. The highest BCUT2D eigenvalue weighted by molar-refractivity contribution is 7.14. The topological polar surface area (TPSA) is 41.6 Å². The zero-order valence-electron chi connectivity index (χ0n) is 9.83. The maximum Gasteiger partial charge on any atom is 0.106 e. The second kappa shape index (κ2) is 4.29. The zero-order chi connectivity index (χ0) is 12.7. The van der Waals surface area contributed by atoms with Gasteiger partial charge < -0.3 is 4.98 Å². The molecule has 0 amide bonds. The van der Waals surface area contributed by atoms with Gasteiger partial charge in [-0.25, -0.2) is 4.98 Å². The molecular formula is C14H9N3S2. The molecule has 0 aromatic carbocycles. The molecule has 0 fully saturated rings. The fraction of sp³-hybridized carbons (Fsp3) is 0. The number of thiophene rings is 2. The molecule has 0 atom stereocenters. The van der Waals surface area contributed by atoms with E-state index in [0.29, 0.717) is 0 Å². The highest BCUT2D eigenvalue weighted by Crippen LogP contribution is 2.34. The number of imidazole rings is 1. The largest absolute Gasteiger partial charge is 0.343 e. The summed E-state index contributed by atoms with van der Waals surface area (Å²) in [5, 5.41) is 4.13. The Labute approximate surface area is 117 Å². The number of aromatic amines is 1. The molecule has 0 saturated carbocycles. The van der Waals surface area contributed by atoms with Crippen LogP contribution in [-0.4, -0.2) is 15.0 Å². The van der Waals surface area contributed by atoms with Gasteiger partial charge in [0.1, 0.15) is 11.2 Å². The number of rotatable bonds is 2. The van der Waals surface area contributed by atoms with E-state index in [-0.39, 0.29) is 0 Å². The molecule has 5 heteroatoms. The summed E-state index contributed by atoms with van der Waals surface area (Å²) >= 11 is 3.40. The number of nitrogens with zero attached hydrogens (tertiary/aromatic N) is 2. The van der Waals surface area contributed by atoms with Crippen molar-refractivity contribution in [3.05, 3.63) is 47.5 Å². The molecule has 4 aromatic rings. The lowest BCUT2D eigenvalue weighted by molar-refractivity contribution is 1.34. The molecule has 1 N–H and O–H groups in total. The van der Waals surface area contributed by atoms with Gasteiger partial charge in [0.2, 0.25) is 0 Å². The fourth-order valence-corrected chi connectivity index (χ4v) is 3.61. The minimum Gasteiger partial charge on any atom is -0.343 e. The Hall–Kier alpha value is -1.98. The Morgan fingerprint density at radius 3 is 2.47 bits per heavy atom. The summed E-state index contributed by atoms with van der Waals surface area (Å²) in [6.07, 6.45) is 3.66. The van der Waals surface area contributed by atoms with Crippen LogP contribution in [0.3, 0.4) is 0 Å². The summed E-state index contributed by atoms with van der Waals surface area (Å²) in [6, 6.07) is 8.27. The van der Waals surface area contributed by atoms with Gasteiger partial charge in [-0.2, -0.15) is 0 Å². The monoisotopic (exact) mass is 283 g/mol. The Bertz CT molecular complexity index is 746. The van der Waals surface area contributed by atoms with Crippen LogP contribution in [0.15, 0.2) is 47.5 Å². The van der Waals surface area contributed by atoms with Crippen LogP contribution in [0.5, 0.6) is 0 Å². The van der Waals surface area contributed by atoms with Gasteiger partial charge in [0, 0.05) is 16.6 Å². The summed E-state index contributed by atoms with van der Waals surface area (Å²) in [7, 11) is 0. The smallest absolute Gasteiger partial charge is 0.106 e. The second-order valence-electron chi connectivity index (χ2n) is 4.10. The number of aromatic nitrogens is 3. The first-order valence-electron chi connectivity index (χ1n) is 5.83. The molecule has 0 radical (unpaired) electrons. The van der Waals surface area contributed by atoms with Crippen LogP contribution < -0.4 is 0 Å². The molecule has 0 aliphatic heterocycles. The van der Waals surface area contributed by atoms with Gasteiger partial charge in [-0.3, -0.25) is 4.98 Å². The highest BCUT2D eigenvalue weighted by atomic mass is 32.1. The fourth-order valence-electron chi connectivity index (χ4n) is 2.15. The van der Waals surface area contributed by atoms with Crippen molar-refractivity contribution in [1.82, 2.24) is 15.0 Å². The average Bonchev–Trinajstić information content (AvgIpc) is 3.19. The molecule has 3 nitrogen and oxygen atoms in total. The van der Waals surface area contributed by atoms with Gasteiger partial charge in [0.15, 0.2) is 0 Å². The minimum atomic E-state index is 0.975. The van der Waals surface area contributed by atoms with Crippen LogP contribution >= 0.6 is 22.7 Å². The molecule has 0 aliphatic rings. The lowest BCUT2D eigenvalue weighted by Gasteiger charge is -2.03. The van der Waals surface area contributed by atoms with E-state index in [1.807, 2.05) is 18.3 Å². The van der Waals surface area contributed by atoms with Crippen LogP contribution in [0.4, 0.5) is 0 Å². The van der Waals surface area contributed by atoms with Crippen LogP contribution in [0, 0.1) is 0 Å². The maximum atomic E-state index is 4.62. The molecular weight excluding hydrogens is 274 g/mol. The molecule has 0 bridgehead atoms. The van der Waals surface area contributed by atoms with E-state index >= 15 is 0 Å². The van der Waals surface area contributed by atoms with Crippen molar-refractivity contribution in [2.24, 2.45) is 0 Å². The summed E-state index contributed by atoms with van der Waals surface area (Å²) in [5.41, 5.74) is 4.06. The van der Waals surface area contributed by atoms with Crippen LogP contribution in [0.1, 0.15) is 0 Å². The van der Waals surface area contributed by atoms with E-state index in [4.69, 9.17) is 0 Å². The van der Waals surface area contributed by atoms with Crippen molar-refractivity contribution in [3.8, 4) is 21.0 Å². The van der Waals surface area contributed by atoms with Gasteiger partial charge >= 0.3 is 0 Å². The SMILES string of the molecule is c1csc(-c2cnc(-c3cccs3)c3[nH]cnc23)c1. The first kappa shape index (κ1) is 10.9. The van der Waals surface area contributed by atoms with Crippen molar-refractivity contribution in [2.75, 3.05) is 0 Å². The first-order valence-corrected chi connectivity index (χ1v) is 7.59. The number of nitrogens with one attached hydrogen (secondary N) is 1. The Morgan fingerprint density at radius 1 is 0.947 bits per heavy atom. The van der Waals surface area contributed by atoms with Crippen molar-refractivity contribution >= 4 is 33.7 Å². The summed E-state index contributed by atoms with van der Waals surface area (Å²) in [4.78, 5) is 14.7. The third-order valence-electron chi connectivity index (χ3n) is 3.00. The molecule has 4 aromatic heterocycles. The standard InChI is InChI=1S/C14H9N3S2/c1-3-10(18-5-1)9-7-15-13(11-4-2-6-19-11)14-12(9)16-8-17-14/h1-8H,(H,16,17). The predicted octanol–water partition coefficient (Wildman–Crippen LogP) is 4.41. The summed E-state index contributed by atoms with van der Waals surface area (Å²) in [6.45, 7) is 0. The van der Waals surface area contributed by atoms with Gasteiger partial charge in [-0.15, -0.1) is 22.7 Å². The number of hydrogen-bond donors (Lipinski definition) is 1. The van der Waals surface area contributed by atoms with E-state index in [1.165, 1.54) is 4.88 Å². The van der Waals surface area contributed by atoms with Crippen molar-refractivity contribution in [2.45, 2.75) is 0 Å². The Morgan fingerprint density at radius 2 is 1.74 bits per heavy atom. The molecule has 4 heterocycles. The second-order valence-corrected chi connectivity index (χ2v) is 6.00. The van der Waals surface area contributed by atoms with Crippen LogP contribution in [0.25, 0.3) is 32.0 Å². The zero-order valence-corrected chi connectivity index (χ0v) is 11.5. The lowest BCUT2D eigenvalue weighted by atomic mass is 10.1. The van der Waals surface area contributed by atoms with Crippen LogP contribution in [-0.2, 0) is 0 Å². The van der Waals surface area contributed by atoms with Gasteiger partial charge in [-0.1, -0.05) is 12.1 Å². The normalized spacial score (nSPS) is 11.2. The molecule has 0 aliphatic carbocycles. The first-order chi connectivity index (χ1) is 9.43. The van der Waals surface area contributed by atoms with E-state index in [1.54, 1.807) is 29.0 Å². The number of pyridine rings is 1. The number of fused-ring (bicyclic) bond motifs is 1. The number of hydrogen-bond acceptors (Lipinski definition) is 4. The third-order valence-corrected chi connectivity index (χ3v) is 4.77. The van der Waals surface area contributed by atoms with Crippen LogP contribution in [0.2, 0.25) is 0 Å². The van der Waals surface area contributed by atoms with E-state index in [2.05, 4.69) is 37.8 Å². The molecule has 0 unspecified atom stereocenters. The number of H-pyrrole nitrogens is 1. The molecule has 19 heavy (non-hydrogen) atoms. The highest BCUT2D eigenvalue weighted by Gasteiger charge is 2.13. The van der Waals surface area contributed by atoms with Crippen molar-refractivity contribution in [1.29, 1.82) is 0 Å². The van der Waals surface area contributed by atoms with Crippen molar-refractivity contribution < 1.29 is 0 Å². The lowest BCUT2D eigenvalue weighted by Crippen LogP contribution is -1.86. The minimum absolute atomic E-state index is 0.975. The van der Waals surface area contributed by atoms with Gasteiger partial charge in [0.25, 0.3) is 0 Å². The summed E-state index contributed by atoms with van der Waals surface area (Å²) in [5.74, 6) is 0. The van der Waals surface area contributed by atoms with E-state index in [0.717, 1.165) is 27.2 Å². The van der Waals surface area contributed by atoms with Crippen molar-refractivity contribution in [3.63, 3.8) is 0 Å². The van der Waals surface area contributed by atoms with E-state index < -0.39 is 0 Å². The Kier molecular flexibility index (Phi) is 2.46. The molecule has 0 spiro atoms. The predicted molar refractivity (Wildman–Crippen MR) is 80.5 cm³/mol. The molecule has 92 valence electrons. The third kappa shape index (κ3) is 1.70. The van der Waals surface area contributed by atoms with Gasteiger partial charge in [0.05, 0.1) is 16.7 Å². The molecule has 4 rings (SSSR count). The quantitative estimate of drug-likeness (QED) is 0.592.